The Morgan fingerprint density at radius 2 is 1.79 bits per heavy atom. The van der Waals surface area contributed by atoms with E-state index in [1.54, 1.807) is 0 Å². The molecule has 1 saturated carbocycles. The molecule has 0 heterocycles. The third-order valence-corrected chi connectivity index (χ3v) is 3.62. The molecule has 0 unspecified atom stereocenters. The Morgan fingerprint density at radius 1 is 1.16 bits per heavy atom. The zero-order valence-electron chi connectivity index (χ0n) is 13.1. The molecular formula is C15H31N3O. The largest absolute Gasteiger partial charge is 0.335 e. The fraction of sp³-hybridized carbons (Fsp3) is 0.933. The summed E-state index contributed by atoms with van der Waals surface area (Å²) in [5.41, 5.74) is 0. The Labute approximate surface area is 118 Å². The summed E-state index contributed by atoms with van der Waals surface area (Å²) in [6, 6.07) is 0.526. The van der Waals surface area contributed by atoms with Crippen LogP contribution in [0.15, 0.2) is 0 Å². The molecular weight excluding hydrogens is 238 g/mol. The number of rotatable bonds is 6. The SMILES string of the molecule is CC(C)CN(CCN(C)C)C(=O)NC1CCCCC1. The Hall–Kier alpha value is -0.770. The maximum absolute atomic E-state index is 12.4. The summed E-state index contributed by atoms with van der Waals surface area (Å²) in [4.78, 5) is 16.5. The molecule has 1 N–H and O–H groups in total. The van der Waals surface area contributed by atoms with Crippen LogP contribution in [0.3, 0.4) is 0 Å². The molecule has 0 aromatic rings. The van der Waals surface area contributed by atoms with E-state index in [2.05, 4.69) is 24.1 Å². The minimum Gasteiger partial charge on any atom is -0.335 e. The van der Waals surface area contributed by atoms with E-state index in [9.17, 15) is 4.79 Å². The van der Waals surface area contributed by atoms with Gasteiger partial charge in [-0.1, -0.05) is 33.1 Å². The average molecular weight is 269 g/mol. The standard InChI is InChI=1S/C15H31N3O/c1-13(2)12-18(11-10-17(3)4)15(19)16-14-8-6-5-7-9-14/h13-14H,5-12H2,1-4H3,(H,16,19). The number of hydrogen-bond acceptors (Lipinski definition) is 2. The van der Waals surface area contributed by atoms with Crippen LogP contribution in [0.5, 0.6) is 0 Å². The molecule has 0 atom stereocenters. The predicted molar refractivity (Wildman–Crippen MR) is 80.4 cm³/mol. The number of nitrogens with one attached hydrogen (secondary N) is 1. The molecule has 19 heavy (non-hydrogen) atoms. The first-order valence-corrected chi connectivity index (χ1v) is 7.69. The van der Waals surface area contributed by atoms with Gasteiger partial charge in [-0.2, -0.15) is 0 Å². The van der Waals surface area contributed by atoms with Crippen molar-refractivity contribution in [2.24, 2.45) is 5.92 Å². The molecule has 0 aliphatic heterocycles. The predicted octanol–water partition coefficient (Wildman–Crippen LogP) is 2.55. The highest BCUT2D eigenvalue weighted by atomic mass is 16.2. The number of carbonyl (C=O) groups excluding carboxylic acids is 1. The van der Waals surface area contributed by atoms with Gasteiger partial charge in [-0.25, -0.2) is 4.79 Å². The summed E-state index contributed by atoms with van der Waals surface area (Å²) in [5.74, 6) is 0.513. The van der Waals surface area contributed by atoms with Crippen LogP contribution in [-0.2, 0) is 0 Å². The van der Waals surface area contributed by atoms with Crippen molar-refractivity contribution >= 4 is 6.03 Å². The molecule has 1 rings (SSSR count). The molecule has 4 heteroatoms. The maximum atomic E-state index is 12.4. The van der Waals surface area contributed by atoms with Crippen molar-refractivity contribution in [3.8, 4) is 0 Å². The first-order chi connectivity index (χ1) is 8.99. The number of likely N-dealkylation sites (N-methyl/N-ethyl adjacent to an activating group) is 1. The van der Waals surface area contributed by atoms with E-state index < -0.39 is 0 Å². The van der Waals surface area contributed by atoms with Crippen LogP contribution in [0.1, 0.15) is 46.0 Å². The Kier molecular flexibility index (Phi) is 7.21. The van der Waals surface area contributed by atoms with Crippen molar-refractivity contribution in [2.45, 2.75) is 52.0 Å². The fourth-order valence-electron chi connectivity index (χ4n) is 2.55. The summed E-state index contributed by atoms with van der Waals surface area (Å²) in [6.45, 7) is 6.90. The van der Waals surface area contributed by atoms with Gasteiger partial charge in [0.25, 0.3) is 0 Å². The molecule has 0 saturated heterocycles. The second-order valence-corrected chi connectivity index (χ2v) is 6.43. The topological polar surface area (TPSA) is 35.6 Å². The van der Waals surface area contributed by atoms with Gasteiger partial charge >= 0.3 is 6.03 Å². The summed E-state index contributed by atoms with van der Waals surface area (Å²) >= 11 is 0. The van der Waals surface area contributed by atoms with Gasteiger partial charge in [0.2, 0.25) is 0 Å². The van der Waals surface area contributed by atoms with Crippen molar-refractivity contribution < 1.29 is 4.79 Å². The van der Waals surface area contributed by atoms with E-state index in [-0.39, 0.29) is 6.03 Å². The fourth-order valence-corrected chi connectivity index (χ4v) is 2.55. The van der Waals surface area contributed by atoms with E-state index in [4.69, 9.17) is 0 Å². The maximum Gasteiger partial charge on any atom is 0.317 e. The molecule has 0 aromatic carbocycles. The lowest BCUT2D eigenvalue weighted by Gasteiger charge is -2.30. The Morgan fingerprint density at radius 3 is 2.32 bits per heavy atom. The molecule has 2 amide bonds. The van der Waals surface area contributed by atoms with E-state index in [0.29, 0.717) is 12.0 Å². The quantitative estimate of drug-likeness (QED) is 0.804. The van der Waals surface area contributed by atoms with Crippen LogP contribution in [0.2, 0.25) is 0 Å². The third kappa shape index (κ3) is 6.81. The molecule has 0 spiro atoms. The molecule has 4 nitrogen and oxygen atoms in total. The first-order valence-electron chi connectivity index (χ1n) is 7.69. The van der Waals surface area contributed by atoms with Crippen LogP contribution in [0, 0.1) is 5.92 Å². The minimum absolute atomic E-state index is 0.127. The first kappa shape index (κ1) is 16.3. The van der Waals surface area contributed by atoms with Gasteiger partial charge in [0.1, 0.15) is 0 Å². The van der Waals surface area contributed by atoms with Crippen molar-refractivity contribution in [3.63, 3.8) is 0 Å². The average Bonchev–Trinajstić information content (AvgIpc) is 2.35. The normalized spacial score (nSPS) is 16.9. The van der Waals surface area contributed by atoms with Crippen LogP contribution in [-0.4, -0.2) is 55.6 Å². The molecule has 0 radical (unpaired) electrons. The van der Waals surface area contributed by atoms with Crippen molar-refractivity contribution in [3.05, 3.63) is 0 Å². The van der Waals surface area contributed by atoms with E-state index in [0.717, 1.165) is 32.5 Å². The highest BCUT2D eigenvalue weighted by Crippen LogP contribution is 2.17. The summed E-state index contributed by atoms with van der Waals surface area (Å²) < 4.78 is 0. The molecule has 0 aromatic heterocycles. The van der Waals surface area contributed by atoms with E-state index in [1.807, 2.05) is 19.0 Å². The smallest absolute Gasteiger partial charge is 0.317 e. The van der Waals surface area contributed by atoms with E-state index in [1.165, 1.54) is 19.3 Å². The molecule has 1 aliphatic carbocycles. The third-order valence-electron chi connectivity index (χ3n) is 3.62. The highest BCUT2D eigenvalue weighted by Gasteiger charge is 2.20. The number of nitrogens with zero attached hydrogens (tertiary/aromatic N) is 2. The van der Waals surface area contributed by atoms with Crippen molar-refractivity contribution in [1.82, 2.24) is 15.1 Å². The van der Waals surface area contributed by atoms with E-state index >= 15 is 0 Å². The lowest BCUT2D eigenvalue weighted by atomic mass is 9.96. The second-order valence-electron chi connectivity index (χ2n) is 6.43. The number of urea groups is 1. The van der Waals surface area contributed by atoms with Gasteiger partial charge in [0.05, 0.1) is 0 Å². The second kappa shape index (κ2) is 8.41. The zero-order chi connectivity index (χ0) is 14.3. The van der Waals surface area contributed by atoms with Gasteiger partial charge < -0.3 is 15.1 Å². The Balaban J connectivity index is 2.44. The summed E-state index contributed by atoms with van der Waals surface area (Å²) in [6.07, 6.45) is 6.13. The lowest BCUT2D eigenvalue weighted by molar-refractivity contribution is 0.177. The molecule has 0 bridgehead atoms. The van der Waals surface area contributed by atoms with Crippen molar-refractivity contribution in [2.75, 3.05) is 33.7 Å². The summed E-state index contributed by atoms with van der Waals surface area (Å²) in [7, 11) is 4.10. The van der Waals surface area contributed by atoms with Gasteiger partial charge in [-0.15, -0.1) is 0 Å². The summed E-state index contributed by atoms with van der Waals surface area (Å²) in [5, 5.41) is 3.22. The number of hydrogen-bond donors (Lipinski definition) is 1. The van der Waals surface area contributed by atoms with Gasteiger partial charge in [-0.05, 0) is 32.9 Å². The number of amides is 2. The highest BCUT2D eigenvalue weighted by molar-refractivity contribution is 5.74. The van der Waals surface area contributed by atoms with Crippen LogP contribution in [0.4, 0.5) is 4.79 Å². The zero-order valence-corrected chi connectivity index (χ0v) is 13.1. The van der Waals surface area contributed by atoms with Gasteiger partial charge in [0, 0.05) is 25.7 Å². The molecule has 112 valence electrons. The molecule has 1 fully saturated rings. The Bertz CT molecular complexity index is 260. The van der Waals surface area contributed by atoms with Crippen LogP contribution in [0.25, 0.3) is 0 Å². The van der Waals surface area contributed by atoms with Crippen LogP contribution < -0.4 is 5.32 Å². The van der Waals surface area contributed by atoms with Crippen molar-refractivity contribution in [1.29, 1.82) is 0 Å². The minimum atomic E-state index is 0.127. The van der Waals surface area contributed by atoms with Gasteiger partial charge in [0.15, 0.2) is 0 Å². The lowest BCUT2D eigenvalue weighted by Crippen LogP contribution is -2.48. The monoisotopic (exact) mass is 269 g/mol. The van der Waals surface area contributed by atoms with Crippen LogP contribution >= 0.6 is 0 Å². The molecule has 1 aliphatic rings. The van der Waals surface area contributed by atoms with Gasteiger partial charge in [-0.3, -0.25) is 0 Å². The number of carbonyl (C=O) groups is 1.